The number of rotatable bonds is 5. The molecule has 0 bridgehead atoms. The fourth-order valence-electron chi connectivity index (χ4n) is 2.02. The normalized spacial score (nSPS) is 10.1. The molecule has 0 aliphatic carbocycles. The van der Waals surface area contributed by atoms with Gasteiger partial charge in [-0.2, -0.15) is 0 Å². The van der Waals surface area contributed by atoms with Crippen LogP contribution in [0, 0.1) is 6.92 Å². The fourth-order valence-corrected chi connectivity index (χ4v) is 2.02. The third-order valence-corrected chi connectivity index (χ3v) is 3.44. The summed E-state index contributed by atoms with van der Waals surface area (Å²) in [6, 6.07) is 17.2. The third kappa shape index (κ3) is 4.45. The lowest BCUT2D eigenvalue weighted by atomic mass is 10.1. The molecule has 0 radical (unpaired) electrons. The zero-order valence-electron chi connectivity index (χ0n) is 12.9. The summed E-state index contributed by atoms with van der Waals surface area (Å²) in [6.45, 7) is 2.45. The number of nitrogens with one attached hydrogen (secondary N) is 1. The number of amides is 2. The van der Waals surface area contributed by atoms with Crippen LogP contribution in [0.4, 0.5) is 5.69 Å². The van der Waals surface area contributed by atoms with Crippen molar-refractivity contribution >= 4 is 17.5 Å². The minimum absolute atomic E-state index is 0.156. The van der Waals surface area contributed by atoms with Crippen LogP contribution in [0.3, 0.4) is 0 Å². The number of para-hydroxylation sites is 1. The van der Waals surface area contributed by atoms with Crippen LogP contribution in [0.2, 0.25) is 0 Å². The number of hydrogen-bond acceptors (Lipinski definition) is 2. The first-order chi connectivity index (χ1) is 10.6. The van der Waals surface area contributed by atoms with E-state index in [-0.39, 0.29) is 18.2 Å². The molecule has 2 aromatic rings. The van der Waals surface area contributed by atoms with Gasteiger partial charge in [0.05, 0.1) is 0 Å². The van der Waals surface area contributed by atoms with E-state index in [9.17, 15) is 9.59 Å². The standard InChI is InChI=1S/C18H20N2O2/c1-14-8-10-15(11-9-14)13-19-17(21)12-18(22)20(2)16-6-4-3-5-7-16/h3-11H,12-13H2,1-2H3,(H,19,21). The molecule has 0 spiro atoms. The predicted molar refractivity (Wildman–Crippen MR) is 87.5 cm³/mol. The average Bonchev–Trinajstić information content (AvgIpc) is 2.54. The summed E-state index contributed by atoms with van der Waals surface area (Å²) >= 11 is 0. The molecule has 0 saturated heterocycles. The number of nitrogens with zero attached hydrogens (tertiary/aromatic N) is 1. The van der Waals surface area contributed by atoms with Crippen molar-refractivity contribution in [2.45, 2.75) is 19.9 Å². The lowest BCUT2D eigenvalue weighted by molar-refractivity contribution is -0.127. The van der Waals surface area contributed by atoms with E-state index in [0.29, 0.717) is 6.54 Å². The van der Waals surface area contributed by atoms with Gasteiger partial charge in [-0.05, 0) is 24.6 Å². The second kappa shape index (κ2) is 7.41. The second-order valence-electron chi connectivity index (χ2n) is 5.23. The van der Waals surface area contributed by atoms with Crippen LogP contribution in [0.25, 0.3) is 0 Å². The molecule has 4 heteroatoms. The van der Waals surface area contributed by atoms with Crippen LogP contribution in [0.5, 0.6) is 0 Å². The van der Waals surface area contributed by atoms with E-state index in [4.69, 9.17) is 0 Å². The molecular weight excluding hydrogens is 276 g/mol. The predicted octanol–water partition coefficient (Wildman–Crippen LogP) is 2.66. The van der Waals surface area contributed by atoms with Gasteiger partial charge in [0, 0.05) is 19.3 Å². The quantitative estimate of drug-likeness (QED) is 0.862. The van der Waals surface area contributed by atoms with Gasteiger partial charge in [-0.25, -0.2) is 0 Å². The first kappa shape index (κ1) is 15.8. The van der Waals surface area contributed by atoms with Crippen LogP contribution >= 0.6 is 0 Å². The molecule has 0 aliphatic heterocycles. The largest absolute Gasteiger partial charge is 0.352 e. The highest BCUT2D eigenvalue weighted by molar-refractivity contribution is 6.04. The van der Waals surface area contributed by atoms with E-state index in [1.54, 1.807) is 7.05 Å². The van der Waals surface area contributed by atoms with E-state index in [1.165, 1.54) is 10.5 Å². The molecule has 0 atom stereocenters. The number of anilines is 1. The van der Waals surface area contributed by atoms with Gasteiger partial charge in [0.2, 0.25) is 11.8 Å². The molecule has 1 N–H and O–H groups in total. The van der Waals surface area contributed by atoms with Gasteiger partial charge in [0.25, 0.3) is 0 Å². The highest BCUT2D eigenvalue weighted by Crippen LogP contribution is 2.12. The smallest absolute Gasteiger partial charge is 0.236 e. The van der Waals surface area contributed by atoms with Crippen molar-refractivity contribution in [1.82, 2.24) is 5.32 Å². The van der Waals surface area contributed by atoms with Gasteiger partial charge in [-0.1, -0.05) is 48.0 Å². The molecular formula is C18H20N2O2. The number of carbonyl (C=O) groups is 2. The first-order valence-corrected chi connectivity index (χ1v) is 7.20. The molecule has 0 saturated carbocycles. The van der Waals surface area contributed by atoms with Gasteiger partial charge in [0.1, 0.15) is 6.42 Å². The number of carbonyl (C=O) groups excluding carboxylic acids is 2. The summed E-state index contributed by atoms with van der Waals surface area (Å²) < 4.78 is 0. The van der Waals surface area contributed by atoms with Crippen molar-refractivity contribution in [3.8, 4) is 0 Å². The van der Waals surface area contributed by atoms with Gasteiger partial charge in [0.15, 0.2) is 0 Å². The molecule has 0 aromatic heterocycles. The Morgan fingerprint density at radius 3 is 2.27 bits per heavy atom. The molecule has 2 amide bonds. The Morgan fingerprint density at radius 1 is 1.00 bits per heavy atom. The minimum atomic E-state index is -0.270. The summed E-state index contributed by atoms with van der Waals surface area (Å²) in [7, 11) is 1.67. The van der Waals surface area contributed by atoms with Crippen LogP contribution in [-0.4, -0.2) is 18.9 Å². The van der Waals surface area contributed by atoms with E-state index in [1.807, 2.05) is 61.5 Å². The molecule has 0 unspecified atom stereocenters. The number of benzene rings is 2. The van der Waals surface area contributed by atoms with Gasteiger partial charge >= 0.3 is 0 Å². The molecule has 2 rings (SSSR count). The highest BCUT2D eigenvalue weighted by atomic mass is 16.2. The fraction of sp³-hybridized carbons (Fsp3) is 0.222. The van der Waals surface area contributed by atoms with Crippen LogP contribution in [0.1, 0.15) is 17.5 Å². The Bertz CT molecular complexity index is 636. The maximum atomic E-state index is 12.1. The Morgan fingerprint density at radius 2 is 1.64 bits per heavy atom. The summed E-state index contributed by atoms with van der Waals surface area (Å²) in [4.78, 5) is 25.4. The van der Waals surface area contributed by atoms with Gasteiger partial charge in [-0.15, -0.1) is 0 Å². The monoisotopic (exact) mass is 296 g/mol. The third-order valence-electron chi connectivity index (χ3n) is 3.44. The van der Waals surface area contributed by atoms with E-state index < -0.39 is 0 Å². The average molecular weight is 296 g/mol. The Labute approximate surface area is 130 Å². The summed E-state index contributed by atoms with van der Waals surface area (Å²) in [5.74, 6) is -0.499. The first-order valence-electron chi connectivity index (χ1n) is 7.20. The number of aryl methyl sites for hydroxylation is 1. The molecule has 114 valence electrons. The summed E-state index contributed by atoms with van der Waals surface area (Å²) in [6.07, 6.45) is -0.156. The second-order valence-corrected chi connectivity index (χ2v) is 5.23. The van der Waals surface area contributed by atoms with E-state index in [0.717, 1.165) is 11.3 Å². The van der Waals surface area contributed by atoms with Crippen molar-refractivity contribution < 1.29 is 9.59 Å². The number of hydrogen-bond donors (Lipinski definition) is 1. The summed E-state index contributed by atoms with van der Waals surface area (Å²) in [5, 5.41) is 2.77. The van der Waals surface area contributed by atoms with Crippen LogP contribution in [0.15, 0.2) is 54.6 Å². The lowest BCUT2D eigenvalue weighted by Gasteiger charge is -2.17. The van der Waals surface area contributed by atoms with Gasteiger partial charge in [-0.3, -0.25) is 9.59 Å². The Kier molecular flexibility index (Phi) is 5.31. The zero-order valence-corrected chi connectivity index (χ0v) is 12.9. The van der Waals surface area contributed by atoms with Crippen molar-refractivity contribution in [2.75, 3.05) is 11.9 Å². The molecule has 2 aromatic carbocycles. The molecule has 4 nitrogen and oxygen atoms in total. The van der Waals surface area contributed by atoms with Crippen LogP contribution in [-0.2, 0) is 16.1 Å². The lowest BCUT2D eigenvalue weighted by Crippen LogP contribution is -2.33. The Hall–Kier alpha value is -2.62. The zero-order chi connectivity index (χ0) is 15.9. The minimum Gasteiger partial charge on any atom is -0.352 e. The Balaban J connectivity index is 1.83. The van der Waals surface area contributed by atoms with Crippen molar-refractivity contribution in [3.63, 3.8) is 0 Å². The van der Waals surface area contributed by atoms with Gasteiger partial charge < -0.3 is 10.2 Å². The maximum Gasteiger partial charge on any atom is 0.236 e. The topological polar surface area (TPSA) is 49.4 Å². The maximum absolute atomic E-state index is 12.1. The molecule has 0 fully saturated rings. The molecule has 0 aliphatic rings. The SMILES string of the molecule is Cc1ccc(CNC(=O)CC(=O)N(C)c2ccccc2)cc1. The van der Waals surface area contributed by atoms with Crippen molar-refractivity contribution in [3.05, 3.63) is 65.7 Å². The highest BCUT2D eigenvalue weighted by Gasteiger charge is 2.14. The van der Waals surface area contributed by atoms with Crippen LogP contribution < -0.4 is 10.2 Å². The van der Waals surface area contributed by atoms with Crippen molar-refractivity contribution in [1.29, 1.82) is 0 Å². The molecule has 0 heterocycles. The van der Waals surface area contributed by atoms with E-state index >= 15 is 0 Å². The van der Waals surface area contributed by atoms with Crippen molar-refractivity contribution in [2.24, 2.45) is 0 Å². The van der Waals surface area contributed by atoms with E-state index in [2.05, 4.69) is 5.32 Å². The summed E-state index contributed by atoms with van der Waals surface area (Å²) in [5.41, 5.74) is 2.97. The molecule has 22 heavy (non-hydrogen) atoms.